The second kappa shape index (κ2) is 8.32. The Morgan fingerprint density at radius 1 is 1.00 bits per heavy atom. The number of nitrogens with one attached hydrogen (secondary N) is 1. The number of carbonyl (C=O) groups excluding carboxylic acids is 1. The molecule has 0 aromatic heterocycles. The first-order chi connectivity index (χ1) is 13.0. The van der Waals surface area contributed by atoms with E-state index in [0.717, 1.165) is 6.07 Å². The highest BCUT2D eigenvalue weighted by molar-refractivity contribution is 7.86. The molecule has 146 valence electrons. The van der Waals surface area contributed by atoms with Gasteiger partial charge in [0.2, 0.25) is 5.91 Å². The lowest BCUT2D eigenvalue weighted by molar-refractivity contribution is -0.115. The van der Waals surface area contributed by atoms with Crippen molar-refractivity contribution in [1.29, 1.82) is 5.26 Å². The normalized spacial score (nSPS) is 11.9. The molecule has 0 atom stereocenters. The van der Waals surface area contributed by atoms with Crippen LogP contribution in [0, 0.1) is 11.3 Å². The Hall–Kier alpha value is -3.04. The summed E-state index contributed by atoms with van der Waals surface area (Å²) >= 11 is 0. The minimum atomic E-state index is -4.61. The molecule has 0 fully saturated rings. The maximum absolute atomic E-state index is 11.6. The number of carbonyl (C=O) groups is 1. The highest BCUT2D eigenvalue weighted by atomic mass is 32.2. The zero-order chi connectivity index (χ0) is 20.9. The molecule has 0 unspecified atom stereocenters. The van der Waals surface area contributed by atoms with Crippen molar-refractivity contribution in [2.45, 2.75) is 16.2 Å². The SMILES string of the molecule is N#CCC(=O)Nc1ccc(C=Cc2ccc(S(=O)(=O)O)cc2)c(S(=O)(=O)O)c1. The molecule has 2 aromatic carbocycles. The number of anilines is 1. The topological polar surface area (TPSA) is 162 Å². The summed E-state index contributed by atoms with van der Waals surface area (Å²) in [5, 5.41) is 10.8. The van der Waals surface area contributed by atoms with Crippen LogP contribution in [0.1, 0.15) is 17.5 Å². The van der Waals surface area contributed by atoms with Gasteiger partial charge in [0.25, 0.3) is 20.2 Å². The van der Waals surface area contributed by atoms with Gasteiger partial charge in [0.15, 0.2) is 0 Å². The minimum Gasteiger partial charge on any atom is -0.325 e. The van der Waals surface area contributed by atoms with E-state index in [1.807, 2.05) is 0 Å². The summed E-state index contributed by atoms with van der Waals surface area (Å²) in [6.45, 7) is 0. The van der Waals surface area contributed by atoms with E-state index in [1.165, 1.54) is 48.6 Å². The number of rotatable bonds is 6. The Kier molecular flexibility index (Phi) is 6.32. The molecule has 0 aliphatic carbocycles. The zero-order valence-corrected chi connectivity index (χ0v) is 15.7. The van der Waals surface area contributed by atoms with Gasteiger partial charge in [0.1, 0.15) is 11.3 Å². The highest BCUT2D eigenvalue weighted by Gasteiger charge is 2.16. The van der Waals surface area contributed by atoms with E-state index < -0.39 is 37.5 Å². The summed E-state index contributed by atoms with van der Waals surface area (Å²) in [5.74, 6) is -0.633. The first kappa shape index (κ1) is 21.3. The van der Waals surface area contributed by atoms with E-state index in [4.69, 9.17) is 9.81 Å². The predicted octanol–water partition coefficient (Wildman–Crippen LogP) is 2.20. The summed E-state index contributed by atoms with van der Waals surface area (Å²) in [6.07, 6.45) is 2.42. The molecule has 0 heterocycles. The molecule has 11 heteroatoms. The van der Waals surface area contributed by atoms with Gasteiger partial charge in [-0.2, -0.15) is 22.1 Å². The van der Waals surface area contributed by atoms with Gasteiger partial charge in [-0.3, -0.25) is 13.9 Å². The largest absolute Gasteiger partial charge is 0.325 e. The fourth-order valence-electron chi connectivity index (χ4n) is 2.19. The third-order valence-electron chi connectivity index (χ3n) is 3.45. The van der Waals surface area contributed by atoms with E-state index in [9.17, 15) is 26.2 Å². The summed E-state index contributed by atoms with van der Waals surface area (Å²) in [7, 11) is -8.94. The van der Waals surface area contributed by atoms with E-state index in [1.54, 1.807) is 6.07 Å². The number of benzene rings is 2. The lowest BCUT2D eigenvalue weighted by Gasteiger charge is -2.08. The van der Waals surface area contributed by atoms with Crippen molar-refractivity contribution in [1.82, 2.24) is 0 Å². The molecule has 0 bridgehead atoms. The first-order valence-electron chi connectivity index (χ1n) is 7.54. The summed E-state index contributed by atoms with van der Waals surface area (Å²) in [4.78, 5) is 10.7. The average molecular weight is 422 g/mol. The standard InChI is InChI=1S/C17H14N2O7S2/c18-10-9-17(20)19-14-6-5-13(16(11-14)28(24,25)26)4-1-12-2-7-15(8-3-12)27(21,22)23/h1-8,11H,9H2,(H,19,20)(H,21,22,23)(H,24,25,26). The summed E-state index contributed by atoms with van der Waals surface area (Å²) < 4.78 is 63.7. The van der Waals surface area contributed by atoms with Gasteiger partial charge in [0, 0.05) is 5.69 Å². The van der Waals surface area contributed by atoms with Gasteiger partial charge in [-0.1, -0.05) is 30.4 Å². The van der Waals surface area contributed by atoms with Crippen LogP contribution in [-0.4, -0.2) is 31.8 Å². The quantitative estimate of drug-likeness (QED) is 0.471. The monoisotopic (exact) mass is 422 g/mol. The maximum atomic E-state index is 11.6. The molecule has 0 saturated heterocycles. The van der Waals surface area contributed by atoms with Crippen molar-refractivity contribution >= 4 is 44.0 Å². The Balaban J connectivity index is 2.35. The van der Waals surface area contributed by atoms with Crippen molar-refractivity contribution in [2.75, 3.05) is 5.32 Å². The van der Waals surface area contributed by atoms with Crippen molar-refractivity contribution < 1.29 is 30.7 Å². The van der Waals surface area contributed by atoms with Gasteiger partial charge in [-0.05, 0) is 35.4 Å². The third kappa shape index (κ3) is 5.73. The Labute approximate surface area is 161 Å². The van der Waals surface area contributed by atoms with Crippen LogP contribution < -0.4 is 5.32 Å². The van der Waals surface area contributed by atoms with E-state index >= 15 is 0 Å². The molecule has 0 aliphatic heterocycles. The van der Waals surface area contributed by atoms with Crippen LogP contribution in [0.2, 0.25) is 0 Å². The lowest BCUT2D eigenvalue weighted by Crippen LogP contribution is -2.11. The lowest BCUT2D eigenvalue weighted by atomic mass is 10.1. The molecule has 0 radical (unpaired) electrons. The molecule has 2 aromatic rings. The number of hydrogen-bond donors (Lipinski definition) is 3. The average Bonchev–Trinajstić information content (AvgIpc) is 2.59. The zero-order valence-electron chi connectivity index (χ0n) is 14.1. The second-order valence-corrected chi connectivity index (χ2v) is 8.30. The molecule has 0 saturated carbocycles. The molecular weight excluding hydrogens is 408 g/mol. The molecule has 3 N–H and O–H groups in total. The summed E-state index contributed by atoms with van der Waals surface area (Å²) in [5.41, 5.74) is 0.697. The van der Waals surface area contributed by atoms with Gasteiger partial charge in [-0.25, -0.2) is 0 Å². The summed E-state index contributed by atoms with van der Waals surface area (Å²) in [6, 6.07) is 10.6. The molecule has 0 aliphatic rings. The Morgan fingerprint density at radius 2 is 1.64 bits per heavy atom. The van der Waals surface area contributed by atoms with E-state index in [-0.39, 0.29) is 16.1 Å². The number of nitrogens with zero attached hydrogens (tertiary/aromatic N) is 1. The predicted molar refractivity (Wildman–Crippen MR) is 100 cm³/mol. The fraction of sp³-hybridized carbons (Fsp3) is 0.0588. The van der Waals surface area contributed by atoms with Crippen LogP contribution in [0.4, 0.5) is 5.69 Å². The number of nitriles is 1. The van der Waals surface area contributed by atoms with Crippen molar-refractivity contribution in [2.24, 2.45) is 0 Å². The molecule has 0 spiro atoms. The highest BCUT2D eigenvalue weighted by Crippen LogP contribution is 2.23. The van der Waals surface area contributed by atoms with Crippen LogP contribution in [0.15, 0.2) is 52.3 Å². The number of hydrogen-bond acceptors (Lipinski definition) is 6. The van der Waals surface area contributed by atoms with E-state index in [0.29, 0.717) is 5.56 Å². The van der Waals surface area contributed by atoms with Gasteiger partial charge < -0.3 is 5.32 Å². The first-order valence-corrected chi connectivity index (χ1v) is 10.4. The van der Waals surface area contributed by atoms with Crippen LogP contribution >= 0.6 is 0 Å². The van der Waals surface area contributed by atoms with Crippen molar-refractivity contribution in [3.05, 3.63) is 53.6 Å². The molecule has 28 heavy (non-hydrogen) atoms. The van der Waals surface area contributed by atoms with E-state index in [2.05, 4.69) is 5.32 Å². The van der Waals surface area contributed by atoms with Gasteiger partial charge in [-0.15, -0.1) is 0 Å². The molecular formula is C17H14N2O7S2. The van der Waals surface area contributed by atoms with Crippen LogP contribution in [0.25, 0.3) is 12.2 Å². The van der Waals surface area contributed by atoms with Crippen LogP contribution in [0.5, 0.6) is 0 Å². The Morgan fingerprint density at radius 3 is 2.18 bits per heavy atom. The molecule has 1 amide bonds. The number of amides is 1. The van der Waals surface area contributed by atoms with Crippen LogP contribution in [0.3, 0.4) is 0 Å². The smallest absolute Gasteiger partial charge is 0.295 e. The Bertz CT molecular complexity index is 1180. The minimum absolute atomic E-state index is 0.0857. The van der Waals surface area contributed by atoms with Crippen LogP contribution in [-0.2, 0) is 25.0 Å². The maximum Gasteiger partial charge on any atom is 0.295 e. The molecule has 9 nitrogen and oxygen atoms in total. The third-order valence-corrected chi connectivity index (χ3v) is 5.23. The molecule has 2 rings (SSSR count). The van der Waals surface area contributed by atoms with Crippen molar-refractivity contribution in [3.8, 4) is 6.07 Å². The van der Waals surface area contributed by atoms with Crippen molar-refractivity contribution in [3.63, 3.8) is 0 Å². The van der Waals surface area contributed by atoms with Gasteiger partial charge >= 0.3 is 0 Å². The second-order valence-electron chi connectivity index (χ2n) is 5.49. The fourth-order valence-corrected chi connectivity index (χ4v) is 3.38. The van der Waals surface area contributed by atoms with Gasteiger partial charge in [0.05, 0.1) is 11.0 Å².